The van der Waals surface area contributed by atoms with Crippen LogP contribution in [0.2, 0.25) is 0 Å². The number of nitrogens with zero attached hydrogens (tertiary/aromatic N) is 4. The van der Waals surface area contributed by atoms with E-state index >= 15 is 0 Å². The van der Waals surface area contributed by atoms with Crippen molar-refractivity contribution in [2.45, 2.75) is 12.6 Å². The van der Waals surface area contributed by atoms with Crippen LogP contribution in [0.3, 0.4) is 0 Å². The maximum Gasteiger partial charge on any atom is 0.212 e. The fourth-order valence-electron chi connectivity index (χ4n) is 3.97. The first-order chi connectivity index (χ1) is 14.3. The minimum atomic E-state index is -0.389. The van der Waals surface area contributed by atoms with Crippen LogP contribution in [0, 0.1) is 0 Å². The molecule has 0 bridgehead atoms. The number of imidazole rings is 1. The first-order valence-corrected chi connectivity index (χ1v) is 9.53. The third kappa shape index (κ3) is 2.49. The average molecular weight is 386 g/mol. The Morgan fingerprint density at radius 2 is 1.90 bits per heavy atom. The van der Waals surface area contributed by atoms with E-state index < -0.39 is 0 Å². The number of benzene rings is 2. The van der Waals surface area contributed by atoms with Gasteiger partial charge < -0.3 is 15.2 Å². The highest BCUT2D eigenvalue weighted by atomic mass is 16.5. The number of ether oxygens (including phenoxy) is 2. The fraction of sp³-hybridized carbons (Fsp3) is 0.190. The molecule has 2 aromatic heterocycles. The SMILES string of the molecule is NC1=NC(c2cccc3cccnc23)n2c(nc3cc4c(cc32)OCCCO4)N1. The fourth-order valence-corrected chi connectivity index (χ4v) is 3.97. The molecular weight excluding hydrogens is 368 g/mol. The molecule has 29 heavy (non-hydrogen) atoms. The van der Waals surface area contributed by atoms with Crippen molar-refractivity contribution < 1.29 is 9.47 Å². The Morgan fingerprint density at radius 1 is 1.07 bits per heavy atom. The first kappa shape index (κ1) is 16.2. The normalized spacial score (nSPS) is 18.1. The summed E-state index contributed by atoms with van der Waals surface area (Å²) in [6.07, 6.45) is 2.25. The Hall–Kier alpha value is -3.81. The molecule has 4 aromatic rings. The molecule has 0 amide bonds. The standard InChI is InChI=1S/C21H18N6O2/c22-20-25-19(13-6-1-4-12-5-2-7-23-18(12)13)27-15-11-17-16(28-8-3-9-29-17)10-14(15)24-21(27)26-20/h1-2,4-7,10-11,19H,3,8-9H2,(H3,22,24,25,26). The van der Waals surface area contributed by atoms with Gasteiger partial charge in [0.15, 0.2) is 23.6 Å². The van der Waals surface area contributed by atoms with E-state index in [-0.39, 0.29) is 6.17 Å². The van der Waals surface area contributed by atoms with Gasteiger partial charge in [0, 0.05) is 35.7 Å². The molecule has 0 aliphatic carbocycles. The Labute approximate surface area is 166 Å². The highest BCUT2D eigenvalue weighted by Gasteiger charge is 2.28. The molecule has 0 saturated carbocycles. The molecule has 8 nitrogen and oxygen atoms in total. The summed E-state index contributed by atoms with van der Waals surface area (Å²) >= 11 is 0. The number of hydrogen-bond acceptors (Lipinski definition) is 7. The lowest BCUT2D eigenvalue weighted by Gasteiger charge is -2.24. The van der Waals surface area contributed by atoms with Gasteiger partial charge in [-0.1, -0.05) is 24.3 Å². The monoisotopic (exact) mass is 386 g/mol. The highest BCUT2D eigenvalue weighted by Crippen LogP contribution is 2.39. The van der Waals surface area contributed by atoms with Crippen molar-refractivity contribution in [1.29, 1.82) is 0 Å². The second kappa shape index (κ2) is 6.10. The molecule has 2 aromatic carbocycles. The van der Waals surface area contributed by atoms with E-state index in [0.29, 0.717) is 30.9 Å². The summed E-state index contributed by atoms with van der Waals surface area (Å²) in [6, 6.07) is 13.9. The molecular formula is C21H18N6O2. The number of anilines is 1. The van der Waals surface area contributed by atoms with Gasteiger partial charge in [-0.25, -0.2) is 9.98 Å². The van der Waals surface area contributed by atoms with Crippen molar-refractivity contribution in [3.05, 3.63) is 54.2 Å². The van der Waals surface area contributed by atoms with E-state index in [1.54, 1.807) is 6.20 Å². The van der Waals surface area contributed by atoms with Gasteiger partial charge in [0.25, 0.3) is 0 Å². The van der Waals surface area contributed by atoms with Crippen LogP contribution >= 0.6 is 0 Å². The number of rotatable bonds is 1. The van der Waals surface area contributed by atoms with E-state index in [4.69, 9.17) is 25.2 Å². The Bertz CT molecular complexity index is 1290. The molecule has 6 rings (SSSR count). The van der Waals surface area contributed by atoms with Crippen LogP contribution in [0.4, 0.5) is 5.95 Å². The van der Waals surface area contributed by atoms with Gasteiger partial charge in [-0.2, -0.15) is 0 Å². The highest BCUT2D eigenvalue weighted by molar-refractivity contribution is 5.96. The first-order valence-electron chi connectivity index (χ1n) is 9.53. The Morgan fingerprint density at radius 3 is 2.79 bits per heavy atom. The zero-order valence-corrected chi connectivity index (χ0v) is 15.5. The van der Waals surface area contributed by atoms with E-state index in [1.165, 1.54) is 0 Å². The van der Waals surface area contributed by atoms with Crippen LogP contribution in [-0.2, 0) is 0 Å². The molecule has 4 heterocycles. The number of aliphatic imine (C=N–C) groups is 1. The van der Waals surface area contributed by atoms with Crippen LogP contribution in [0.1, 0.15) is 18.2 Å². The molecule has 0 spiro atoms. The van der Waals surface area contributed by atoms with Gasteiger partial charge >= 0.3 is 0 Å². The minimum Gasteiger partial charge on any atom is -0.489 e. The summed E-state index contributed by atoms with van der Waals surface area (Å²) in [5.74, 6) is 2.38. The van der Waals surface area contributed by atoms with E-state index in [9.17, 15) is 0 Å². The maximum absolute atomic E-state index is 6.10. The van der Waals surface area contributed by atoms with Gasteiger partial charge in [0.2, 0.25) is 5.95 Å². The van der Waals surface area contributed by atoms with E-state index in [1.807, 2.05) is 47.0 Å². The van der Waals surface area contributed by atoms with E-state index in [2.05, 4.69) is 10.3 Å². The third-order valence-electron chi connectivity index (χ3n) is 5.25. The molecule has 2 aliphatic rings. The summed E-state index contributed by atoms with van der Waals surface area (Å²) in [4.78, 5) is 14.0. The summed E-state index contributed by atoms with van der Waals surface area (Å²) in [6.45, 7) is 1.25. The lowest BCUT2D eigenvalue weighted by atomic mass is 10.1. The number of fused-ring (bicyclic) bond motifs is 5. The molecule has 2 aliphatic heterocycles. The van der Waals surface area contributed by atoms with Crippen molar-refractivity contribution in [1.82, 2.24) is 14.5 Å². The quantitative estimate of drug-likeness (QED) is 0.522. The second-order valence-electron chi connectivity index (χ2n) is 7.08. The van der Waals surface area contributed by atoms with Crippen LogP contribution in [-0.4, -0.2) is 33.7 Å². The molecule has 0 fully saturated rings. The summed E-state index contributed by atoms with van der Waals surface area (Å²) in [5.41, 5.74) is 9.64. The second-order valence-corrected chi connectivity index (χ2v) is 7.08. The molecule has 1 unspecified atom stereocenters. The average Bonchev–Trinajstić information content (AvgIpc) is 2.92. The lowest BCUT2D eigenvalue weighted by molar-refractivity contribution is 0.297. The van der Waals surface area contributed by atoms with Crippen molar-refractivity contribution in [2.75, 3.05) is 18.5 Å². The van der Waals surface area contributed by atoms with Gasteiger partial charge in [0.1, 0.15) is 0 Å². The van der Waals surface area contributed by atoms with Gasteiger partial charge in [-0.3, -0.25) is 14.9 Å². The van der Waals surface area contributed by atoms with E-state index in [0.717, 1.165) is 39.7 Å². The number of nitrogens with one attached hydrogen (secondary N) is 1. The molecule has 3 N–H and O–H groups in total. The molecule has 8 heteroatoms. The summed E-state index contributed by atoms with van der Waals surface area (Å²) in [7, 11) is 0. The minimum absolute atomic E-state index is 0.319. The number of pyridine rings is 1. The Balaban J connectivity index is 1.60. The number of aromatic nitrogens is 3. The van der Waals surface area contributed by atoms with Crippen molar-refractivity contribution in [2.24, 2.45) is 10.7 Å². The zero-order valence-electron chi connectivity index (χ0n) is 15.5. The third-order valence-corrected chi connectivity index (χ3v) is 5.25. The number of para-hydroxylation sites is 1. The smallest absolute Gasteiger partial charge is 0.212 e. The predicted molar refractivity (Wildman–Crippen MR) is 110 cm³/mol. The Kier molecular flexibility index (Phi) is 3.40. The largest absolute Gasteiger partial charge is 0.489 e. The predicted octanol–water partition coefficient (Wildman–Crippen LogP) is 3.03. The van der Waals surface area contributed by atoms with Crippen molar-refractivity contribution in [3.8, 4) is 11.5 Å². The summed E-state index contributed by atoms with van der Waals surface area (Å²) in [5, 5.41) is 4.13. The lowest BCUT2D eigenvalue weighted by Crippen LogP contribution is -2.31. The molecule has 1 atom stereocenters. The zero-order chi connectivity index (χ0) is 19.4. The molecule has 144 valence electrons. The molecule has 0 radical (unpaired) electrons. The van der Waals surface area contributed by atoms with Crippen LogP contribution in [0.15, 0.2) is 53.7 Å². The van der Waals surface area contributed by atoms with Crippen molar-refractivity contribution in [3.63, 3.8) is 0 Å². The topological polar surface area (TPSA) is 99.6 Å². The number of guanidine groups is 1. The van der Waals surface area contributed by atoms with Crippen LogP contribution in [0.5, 0.6) is 11.5 Å². The number of nitrogens with two attached hydrogens (primary N) is 1. The maximum atomic E-state index is 6.10. The van der Waals surface area contributed by atoms with Gasteiger partial charge in [-0.05, 0) is 6.07 Å². The van der Waals surface area contributed by atoms with Gasteiger partial charge in [0.05, 0.1) is 29.8 Å². The molecule has 0 saturated heterocycles. The van der Waals surface area contributed by atoms with Crippen LogP contribution in [0.25, 0.3) is 21.9 Å². The summed E-state index contributed by atoms with van der Waals surface area (Å²) < 4.78 is 13.7. The van der Waals surface area contributed by atoms with Crippen LogP contribution < -0.4 is 20.5 Å². The van der Waals surface area contributed by atoms with Crippen molar-refractivity contribution >= 4 is 33.8 Å². The van der Waals surface area contributed by atoms with Gasteiger partial charge in [-0.15, -0.1) is 0 Å². The number of hydrogen-bond donors (Lipinski definition) is 2.